The highest BCUT2D eigenvalue weighted by atomic mass is 32.2. The fraction of sp³-hybridized carbons (Fsp3) is 0.545. The number of nitrogens with zero attached hydrogens (tertiary/aromatic N) is 2. The zero-order valence-electron chi connectivity index (χ0n) is 19.6. The van der Waals surface area contributed by atoms with Crippen LogP contribution in [0.15, 0.2) is 21.2 Å². The van der Waals surface area contributed by atoms with Crippen LogP contribution in [0.1, 0.15) is 37.6 Å². The number of carbonyl (C=O) groups excluding carboxylic acids is 2. The second-order valence-electron chi connectivity index (χ2n) is 7.59. The summed E-state index contributed by atoms with van der Waals surface area (Å²) in [5.41, 5.74) is 1.71. The monoisotopic (exact) mass is 494 g/mol. The molecule has 0 aromatic carbocycles. The average molecular weight is 495 g/mol. The number of urea groups is 1. The molecule has 0 fully saturated rings. The molecule has 3 rings (SSSR count). The average Bonchev–Trinajstić information content (AvgIpc) is 3.04. The fourth-order valence-corrected chi connectivity index (χ4v) is 5.68. The summed E-state index contributed by atoms with van der Waals surface area (Å²) in [6.45, 7) is 11.2. The second-order valence-corrected chi connectivity index (χ2v) is 9.73. The molecule has 0 saturated carbocycles. The number of hydrogen-bond acceptors (Lipinski definition) is 8. The zero-order valence-corrected chi connectivity index (χ0v) is 21.2. The van der Waals surface area contributed by atoms with Gasteiger partial charge in [-0.15, -0.1) is 11.3 Å². The van der Waals surface area contributed by atoms with Crippen molar-refractivity contribution >= 4 is 45.3 Å². The van der Waals surface area contributed by atoms with E-state index in [1.807, 2.05) is 20.8 Å². The molecular formula is C22H30N4O5S2. The number of aryl methyl sites for hydroxylation is 2. The number of amides is 2. The van der Waals surface area contributed by atoms with Gasteiger partial charge in [-0.25, -0.2) is 14.6 Å². The van der Waals surface area contributed by atoms with Crippen molar-refractivity contribution < 1.29 is 19.1 Å². The molecule has 2 aromatic heterocycles. The van der Waals surface area contributed by atoms with Gasteiger partial charge in [-0.2, -0.15) is 0 Å². The molecule has 9 nitrogen and oxygen atoms in total. The molecular weight excluding hydrogens is 464 g/mol. The van der Waals surface area contributed by atoms with Crippen LogP contribution in [0, 0.1) is 13.8 Å². The first-order chi connectivity index (χ1) is 15.8. The summed E-state index contributed by atoms with van der Waals surface area (Å²) in [7, 11) is 0. The molecule has 0 aliphatic carbocycles. The van der Waals surface area contributed by atoms with Gasteiger partial charge in [0, 0.05) is 36.1 Å². The lowest BCUT2D eigenvalue weighted by molar-refractivity contribution is -0.138. The number of esters is 1. The van der Waals surface area contributed by atoms with E-state index < -0.39 is 12.0 Å². The molecule has 0 spiro atoms. The highest BCUT2D eigenvalue weighted by Gasteiger charge is 2.30. The normalized spacial score (nSPS) is 16.2. The van der Waals surface area contributed by atoms with E-state index in [-0.39, 0.29) is 24.0 Å². The van der Waals surface area contributed by atoms with Gasteiger partial charge in [0.2, 0.25) is 0 Å². The summed E-state index contributed by atoms with van der Waals surface area (Å²) in [6, 6.07) is -0.868. The van der Waals surface area contributed by atoms with Crippen LogP contribution in [0.2, 0.25) is 0 Å². The number of ether oxygens (including phenoxy) is 2. The van der Waals surface area contributed by atoms with Crippen LogP contribution in [-0.2, 0) is 20.8 Å². The maximum Gasteiger partial charge on any atom is 0.337 e. The lowest BCUT2D eigenvalue weighted by atomic mass is 10.1. The van der Waals surface area contributed by atoms with Crippen molar-refractivity contribution in [3.05, 3.63) is 32.1 Å². The molecule has 0 bridgehead atoms. The Morgan fingerprint density at radius 1 is 1.24 bits per heavy atom. The number of rotatable bonds is 10. The first-order valence-corrected chi connectivity index (χ1v) is 12.8. The predicted octanol–water partition coefficient (Wildman–Crippen LogP) is 3.11. The Hall–Kier alpha value is -2.37. The summed E-state index contributed by atoms with van der Waals surface area (Å²) < 4.78 is 12.3. The largest absolute Gasteiger partial charge is 0.463 e. The summed E-state index contributed by atoms with van der Waals surface area (Å²) in [5.74, 6) is -0.214. The first-order valence-electron chi connectivity index (χ1n) is 11.0. The van der Waals surface area contributed by atoms with Gasteiger partial charge in [0.25, 0.3) is 5.56 Å². The van der Waals surface area contributed by atoms with Gasteiger partial charge >= 0.3 is 12.0 Å². The smallest absolute Gasteiger partial charge is 0.337 e. The number of thioether (sulfide) groups is 1. The number of aromatic nitrogens is 2. The molecule has 2 N–H and O–H groups in total. The van der Waals surface area contributed by atoms with E-state index in [0.29, 0.717) is 52.8 Å². The van der Waals surface area contributed by atoms with E-state index in [4.69, 9.17) is 14.5 Å². The van der Waals surface area contributed by atoms with Gasteiger partial charge < -0.3 is 20.1 Å². The summed E-state index contributed by atoms with van der Waals surface area (Å²) >= 11 is 2.81. The number of carbonyl (C=O) groups is 2. The lowest BCUT2D eigenvalue weighted by Crippen LogP contribution is -2.49. The third-order valence-electron chi connectivity index (χ3n) is 5.34. The number of thiophene rings is 1. The second kappa shape index (κ2) is 11.2. The van der Waals surface area contributed by atoms with Crippen LogP contribution in [-0.4, -0.2) is 53.2 Å². The van der Waals surface area contributed by atoms with Crippen molar-refractivity contribution in [2.75, 3.05) is 25.6 Å². The Kier molecular flexibility index (Phi) is 8.55. The highest BCUT2D eigenvalue weighted by Crippen LogP contribution is 2.29. The molecule has 2 aromatic rings. The minimum Gasteiger partial charge on any atom is -0.463 e. The molecule has 3 heterocycles. The Morgan fingerprint density at radius 2 is 2.00 bits per heavy atom. The Morgan fingerprint density at radius 3 is 2.70 bits per heavy atom. The van der Waals surface area contributed by atoms with Gasteiger partial charge in [0.15, 0.2) is 5.16 Å². The molecule has 11 heteroatoms. The molecule has 0 saturated heterocycles. The number of nitrogens with one attached hydrogen (secondary N) is 2. The maximum atomic E-state index is 13.4. The topological polar surface area (TPSA) is 112 Å². The van der Waals surface area contributed by atoms with Gasteiger partial charge in [-0.1, -0.05) is 11.8 Å². The molecule has 0 radical (unpaired) electrons. The van der Waals surface area contributed by atoms with Crippen LogP contribution >= 0.6 is 23.1 Å². The van der Waals surface area contributed by atoms with Crippen LogP contribution in [0.3, 0.4) is 0 Å². The maximum absolute atomic E-state index is 13.4. The molecule has 1 aliphatic heterocycles. The van der Waals surface area contributed by atoms with Crippen molar-refractivity contribution in [1.82, 2.24) is 20.2 Å². The Bertz CT molecular complexity index is 1140. The number of hydrogen-bond donors (Lipinski definition) is 2. The van der Waals surface area contributed by atoms with Crippen LogP contribution in [0.5, 0.6) is 0 Å². The summed E-state index contributed by atoms with van der Waals surface area (Å²) in [4.78, 5) is 44.5. The van der Waals surface area contributed by atoms with Gasteiger partial charge in [0.1, 0.15) is 4.83 Å². The van der Waals surface area contributed by atoms with Crippen molar-refractivity contribution in [3.8, 4) is 0 Å². The molecule has 1 unspecified atom stereocenters. The standard InChI is InChI=1S/C22H30N4O5S2/c1-6-30-10-8-9-26-19(27)16-12(3)14(5)33-18(16)25-22(26)32-11-15-17(20(28)31-7-2)13(4)23-21(29)24-15/h13H,6-11H2,1-5H3,(H2,23,24,29). The van der Waals surface area contributed by atoms with Crippen LogP contribution < -0.4 is 16.2 Å². The number of fused-ring (bicyclic) bond motifs is 1. The van der Waals surface area contributed by atoms with E-state index in [1.54, 1.807) is 18.4 Å². The van der Waals surface area contributed by atoms with Crippen LogP contribution in [0.25, 0.3) is 10.2 Å². The van der Waals surface area contributed by atoms with Gasteiger partial charge in [-0.3, -0.25) is 9.36 Å². The Labute approximate surface area is 200 Å². The van der Waals surface area contributed by atoms with Crippen molar-refractivity contribution in [1.29, 1.82) is 0 Å². The van der Waals surface area contributed by atoms with E-state index in [9.17, 15) is 14.4 Å². The van der Waals surface area contributed by atoms with Crippen molar-refractivity contribution in [3.63, 3.8) is 0 Å². The third kappa shape index (κ3) is 5.59. The fourth-order valence-electron chi connectivity index (χ4n) is 3.62. The first kappa shape index (κ1) is 25.3. The molecule has 180 valence electrons. The quantitative estimate of drug-likeness (QED) is 0.226. The predicted molar refractivity (Wildman–Crippen MR) is 130 cm³/mol. The molecule has 1 aliphatic rings. The van der Waals surface area contributed by atoms with Gasteiger partial charge in [0.05, 0.1) is 23.6 Å². The Balaban J connectivity index is 1.97. The minimum atomic E-state index is -0.486. The summed E-state index contributed by atoms with van der Waals surface area (Å²) in [6.07, 6.45) is 0.672. The zero-order chi connectivity index (χ0) is 24.1. The lowest BCUT2D eigenvalue weighted by Gasteiger charge is -2.26. The van der Waals surface area contributed by atoms with E-state index >= 15 is 0 Å². The highest BCUT2D eigenvalue weighted by molar-refractivity contribution is 7.99. The van der Waals surface area contributed by atoms with E-state index in [2.05, 4.69) is 10.6 Å². The summed E-state index contributed by atoms with van der Waals surface area (Å²) in [5, 5.41) is 6.61. The minimum absolute atomic E-state index is 0.0804. The SMILES string of the molecule is CCOCCCn1c(SCC2=C(C(=O)OCC)C(C)NC(=O)N2)nc2sc(C)c(C)c2c1=O. The van der Waals surface area contributed by atoms with E-state index in [1.165, 1.54) is 23.1 Å². The molecule has 33 heavy (non-hydrogen) atoms. The van der Waals surface area contributed by atoms with Crippen molar-refractivity contribution in [2.45, 2.75) is 58.8 Å². The van der Waals surface area contributed by atoms with Crippen LogP contribution in [0.4, 0.5) is 4.79 Å². The van der Waals surface area contributed by atoms with Crippen molar-refractivity contribution in [2.24, 2.45) is 0 Å². The van der Waals surface area contributed by atoms with E-state index in [0.717, 1.165) is 10.4 Å². The molecule has 2 amide bonds. The molecule has 1 atom stereocenters. The van der Waals surface area contributed by atoms with Gasteiger partial charge in [-0.05, 0) is 46.6 Å². The third-order valence-corrected chi connectivity index (χ3v) is 7.44.